The summed E-state index contributed by atoms with van der Waals surface area (Å²) in [5, 5.41) is 4.38. The Hall–Kier alpha value is -6.46. The van der Waals surface area contributed by atoms with Crippen LogP contribution in [-0.4, -0.2) is 92.6 Å². The van der Waals surface area contributed by atoms with Crippen LogP contribution >= 0.6 is 0 Å². The van der Waals surface area contributed by atoms with E-state index in [-0.39, 0.29) is 23.8 Å². The fraction of sp³-hybridized carbons (Fsp3) is 0.333. The molecule has 1 spiro atoms. The molecule has 6 heterocycles. The van der Waals surface area contributed by atoms with Crippen LogP contribution in [0.1, 0.15) is 61.2 Å². The van der Waals surface area contributed by atoms with Gasteiger partial charge in [-0.05, 0) is 104 Å². The second kappa shape index (κ2) is 15.5. The van der Waals surface area contributed by atoms with Crippen molar-refractivity contribution >= 4 is 34.8 Å². The fourth-order valence-corrected chi connectivity index (χ4v) is 10.5. The van der Waals surface area contributed by atoms with Gasteiger partial charge in [-0.15, -0.1) is 0 Å². The first-order valence-corrected chi connectivity index (χ1v) is 21.8. The number of anilines is 3. The normalized spacial score (nSPS) is 17.9. The number of likely N-dealkylation sites (tertiary alicyclic amines) is 1. The van der Waals surface area contributed by atoms with Crippen molar-refractivity contribution in [3.8, 4) is 11.3 Å². The van der Waals surface area contributed by atoms with Gasteiger partial charge >= 0.3 is 0 Å². The second-order valence-electron chi connectivity index (χ2n) is 18.3. The highest BCUT2D eigenvalue weighted by atomic mass is 16.2. The zero-order valence-corrected chi connectivity index (χ0v) is 36.3. The maximum atomic E-state index is 15.1. The van der Waals surface area contributed by atoms with Gasteiger partial charge in [-0.25, -0.2) is 0 Å². The van der Waals surface area contributed by atoms with Gasteiger partial charge in [-0.2, -0.15) is 5.10 Å². The Morgan fingerprint density at radius 1 is 0.774 bits per heavy atom. The lowest BCUT2D eigenvalue weighted by atomic mass is 9.73. The molecule has 3 amide bonds. The van der Waals surface area contributed by atoms with Crippen LogP contribution in [0.2, 0.25) is 0 Å². The summed E-state index contributed by atoms with van der Waals surface area (Å²) in [5.41, 5.74) is 12.0. The number of benzene rings is 4. The molecule has 0 unspecified atom stereocenters. The Morgan fingerprint density at radius 3 is 2.27 bits per heavy atom. The molecule has 2 saturated heterocycles. The molecule has 10 rings (SSSR count). The molecule has 0 aliphatic carbocycles. The standard InChI is InChI=1S/C51H54N8O3/c1-34-20-37-13-9-10-14-39(37)28-58(34)49(61)46-24-40-27-56(48(60)22-36-12-11-17-42(21-36)57-32-51(33-57)30-53(3)31-51)19-18-38(40)23-45(46)47-25-44(35(2)55(47)5)50(62)59(41-15-7-6-8-16-41)43-26-52-54(4)29-43/h6-17,21,23-26,29,34H,18-20,22,27-28,30-33H2,1-5H3/t34-/m1/s1. The topological polar surface area (TPSA) is 90.2 Å². The summed E-state index contributed by atoms with van der Waals surface area (Å²) >= 11 is 0. The van der Waals surface area contributed by atoms with E-state index in [1.165, 1.54) is 11.3 Å². The minimum atomic E-state index is -0.185. The van der Waals surface area contributed by atoms with E-state index in [9.17, 15) is 9.59 Å². The first-order chi connectivity index (χ1) is 29.9. The van der Waals surface area contributed by atoms with Gasteiger partial charge in [0, 0.05) is 111 Å². The van der Waals surface area contributed by atoms with Crippen molar-refractivity contribution in [2.24, 2.45) is 19.5 Å². The minimum Gasteiger partial charge on any atom is -0.370 e. The molecule has 0 bridgehead atoms. The third kappa shape index (κ3) is 7.07. The number of rotatable bonds is 8. The van der Waals surface area contributed by atoms with Gasteiger partial charge in [-0.1, -0.05) is 54.6 Å². The highest BCUT2D eigenvalue weighted by Gasteiger charge is 2.50. The van der Waals surface area contributed by atoms with Crippen LogP contribution in [0.25, 0.3) is 11.3 Å². The smallest absolute Gasteiger partial charge is 0.264 e. The molecule has 2 aromatic heterocycles. The average molecular weight is 827 g/mol. The number of carbonyl (C=O) groups is 3. The predicted molar refractivity (Wildman–Crippen MR) is 243 cm³/mol. The molecule has 4 aliphatic rings. The van der Waals surface area contributed by atoms with Crippen molar-refractivity contribution in [2.45, 2.75) is 52.2 Å². The van der Waals surface area contributed by atoms with Gasteiger partial charge < -0.3 is 24.2 Å². The SMILES string of the molecule is Cc1c(C(=O)N(c2ccccc2)c2cnn(C)c2)cc(-c2cc3c(cc2C(=O)N2Cc4ccccc4C[C@H]2C)CN(C(=O)Cc2cccc(N4CC5(CN(C)C5)C4)c2)CC3)n1C. The van der Waals surface area contributed by atoms with E-state index < -0.39 is 0 Å². The third-order valence-corrected chi connectivity index (χ3v) is 13.8. The van der Waals surface area contributed by atoms with Crippen LogP contribution in [0.3, 0.4) is 0 Å². The molecule has 4 aliphatic heterocycles. The fourth-order valence-electron chi connectivity index (χ4n) is 10.5. The maximum Gasteiger partial charge on any atom is 0.264 e. The number of aryl methyl sites for hydroxylation is 1. The second-order valence-corrected chi connectivity index (χ2v) is 18.3. The lowest BCUT2D eigenvalue weighted by Crippen LogP contribution is -2.71. The Balaban J connectivity index is 0.974. The van der Waals surface area contributed by atoms with Gasteiger partial charge in [0.15, 0.2) is 0 Å². The molecule has 11 heteroatoms. The van der Waals surface area contributed by atoms with Crippen molar-refractivity contribution < 1.29 is 14.4 Å². The molecule has 4 aromatic carbocycles. The molecule has 11 nitrogen and oxygen atoms in total. The summed E-state index contributed by atoms with van der Waals surface area (Å²) in [5.74, 6) is -0.153. The van der Waals surface area contributed by atoms with Crippen molar-refractivity contribution in [1.29, 1.82) is 0 Å². The van der Waals surface area contributed by atoms with Gasteiger partial charge in [0.2, 0.25) is 5.91 Å². The van der Waals surface area contributed by atoms with E-state index in [0.717, 1.165) is 77.5 Å². The zero-order chi connectivity index (χ0) is 42.9. The van der Waals surface area contributed by atoms with E-state index in [0.29, 0.717) is 54.7 Å². The lowest BCUT2D eigenvalue weighted by Gasteiger charge is -2.60. The summed E-state index contributed by atoms with van der Waals surface area (Å²) in [7, 11) is 5.98. The molecule has 6 aromatic rings. The van der Waals surface area contributed by atoms with Gasteiger partial charge in [-0.3, -0.25) is 24.0 Å². The van der Waals surface area contributed by atoms with Gasteiger partial charge in [0.05, 0.1) is 23.9 Å². The van der Waals surface area contributed by atoms with E-state index in [1.54, 1.807) is 15.8 Å². The molecular weight excluding hydrogens is 773 g/mol. The number of para-hydroxylation sites is 1. The number of fused-ring (bicyclic) bond motifs is 2. The van der Waals surface area contributed by atoms with Crippen molar-refractivity contribution in [1.82, 2.24) is 29.0 Å². The molecular formula is C51H54N8O3. The lowest BCUT2D eigenvalue weighted by molar-refractivity contribution is -0.131. The Labute approximate surface area is 363 Å². The number of amides is 3. The molecule has 0 saturated carbocycles. The van der Waals surface area contributed by atoms with E-state index in [4.69, 9.17) is 0 Å². The molecule has 316 valence electrons. The van der Waals surface area contributed by atoms with Gasteiger partial charge in [0.1, 0.15) is 0 Å². The Kier molecular flexibility index (Phi) is 9.89. The quantitative estimate of drug-likeness (QED) is 0.162. The summed E-state index contributed by atoms with van der Waals surface area (Å²) in [6.45, 7) is 10.1. The van der Waals surface area contributed by atoms with Crippen LogP contribution in [0.15, 0.2) is 109 Å². The maximum absolute atomic E-state index is 15.1. The number of nitrogens with zero attached hydrogens (tertiary/aromatic N) is 8. The summed E-state index contributed by atoms with van der Waals surface area (Å²) in [6.07, 6.45) is 5.30. The average Bonchev–Trinajstić information content (AvgIpc) is 3.81. The third-order valence-electron chi connectivity index (χ3n) is 13.8. The molecule has 1 atom stereocenters. The van der Waals surface area contributed by atoms with E-state index in [2.05, 4.69) is 77.4 Å². The van der Waals surface area contributed by atoms with Crippen LogP contribution in [0.4, 0.5) is 17.1 Å². The van der Waals surface area contributed by atoms with Crippen LogP contribution in [0, 0.1) is 12.3 Å². The number of hydrogen-bond donors (Lipinski definition) is 0. The molecule has 62 heavy (non-hydrogen) atoms. The number of hydrogen-bond acceptors (Lipinski definition) is 6. The zero-order valence-electron chi connectivity index (χ0n) is 36.3. The monoisotopic (exact) mass is 826 g/mol. The van der Waals surface area contributed by atoms with E-state index in [1.807, 2.05) is 90.1 Å². The van der Waals surface area contributed by atoms with Crippen molar-refractivity contribution in [3.63, 3.8) is 0 Å². The number of carbonyl (C=O) groups excluding carboxylic acids is 3. The first kappa shape index (κ1) is 39.7. The van der Waals surface area contributed by atoms with Crippen LogP contribution < -0.4 is 9.80 Å². The van der Waals surface area contributed by atoms with E-state index >= 15 is 4.79 Å². The van der Waals surface area contributed by atoms with Crippen LogP contribution in [-0.2, 0) is 51.2 Å². The van der Waals surface area contributed by atoms with Crippen molar-refractivity contribution in [3.05, 3.63) is 154 Å². The highest BCUT2D eigenvalue weighted by molar-refractivity contribution is 6.12. The Bertz CT molecular complexity index is 2720. The van der Waals surface area contributed by atoms with Crippen LogP contribution in [0.5, 0.6) is 0 Å². The predicted octanol–water partition coefficient (Wildman–Crippen LogP) is 7.18. The largest absolute Gasteiger partial charge is 0.370 e. The Morgan fingerprint density at radius 2 is 1.53 bits per heavy atom. The minimum absolute atomic E-state index is 0.0156. The highest BCUT2D eigenvalue weighted by Crippen LogP contribution is 2.42. The van der Waals surface area contributed by atoms with Gasteiger partial charge in [0.25, 0.3) is 11.8 Å². The molecule has 0 N–H and O–H groups in total. The molecule has 2 fully saturated rings. The first-order valence-electron chi connectivity index (χ1n) is 21.8. The summed E-state index contributed by atoms with van der Waals surface area (Å²) in [4.78, 5) is 54.3. The molecule has 0 radical (unpaired) electrons. The summed E-state index contributed by atoms with van der Waals surface area (Å²) in [6, 6.07) is 32.6. The summed E-state index contributed by atoms with van der Waals surface area (Å²) < 4.78 is 3.72. The van der Waals surface area contributed by atoms with Crippen molar-refractivity contribution in [2.75, 3.05) is 49.6 Å². The number of aromatic nitrogens is 3.